The average Bonchev–Trinajstić information content (AvgIpc) is 2.65. The molecule has 0 spiro atoms. The molecule has 3 aromatic carbocycles. The molecule has 28 heavy (non-hydrogen) atoms. The predicted octanol–water partition coefficient (Wildman–Crippen LogP) is 5.48. The minimum atomic E-state index is -3.63. The van der Waals surface area contributed by atoms with Crippen molar-refractivity contribution in [3.63, 3.8) is 0 Å². The summed E-state index contributed by atoms with van der Waals surface area (Å²) in [5.41, 5.74) is 5.63. The van der Waals surface area contributed by atoms with E-state index in [0.717, 1.165) is 33.6 Å². The molecule has 4 nitrogen and oxygen atoms in total. The molecule has 0 heterocycles. The summed E-state index contributed by atoms with van der Waals surface area (Å²) in [6, 6.07) is 18.3. The fraction of sp³-hybridized carbons (Fsp3) is 0.217. The van der Waals surface area contributed by atoms with Crippen LogP contribution in [0.2, 0.25) is 0 Å². The molecule has 5 heteroatoms. The number of nitrogens with one attached hydrogen (secondary N) is 1. The van der Waals surface area contributed by atoms with Gasteiger partial charge >= 0.3 is 0 Å². The van der Waals surface area contributed by atoms with Crippen molar-refractivity contribution < 1.29 is 13.2 Å². The summed E-state index contributed by atoms with van der Waals surface area (Å²) in [5.74, 6) is 0.905. The maximum absolute atomic E-state index is 12.7. The van der Waals surface area contributed by atoms with E-state index in [9.17, 15) is 8.42 Å². The van der Waals surface area contributed by atoms with Crippen LogP contribution in [0.15, 0.2) is 65.6 Å². The smallest absolute Gasteiger partial charge is 0.261 e. The highest BCUT2D eigenvalue weighted by Crippen LogP contribution is 2.31. The fourth-order valence-corrected chi connectivity index (χ4v) is 4.23. The van der Waals surface area contributed by atoms with Crippen LogP contribution in [-0.2, 0) is 10.0 Å². The van der Waals surface area contributed by atoms with E-state index in [-0.39, 0.29) is 4.90 Å². The monoisotopic (exact) mass is 395 g/mol. The summed E-state index contributed by atoms with van der Waals surface area (Å²) in [6.45, 7) is 8.55. The van der Waals surface area contributed by atoms with Crippen LogP contribution in [-0.4, -0.2) is 15.0 Å². The van der Waals surface area contributed by atoms with Crippen molar-refractivity contribution in [2.24, 2.45) is 0 Å². The number of ether oxygens (including phenoxy) is 1. The van der Waals surface area contributed by atoms with Crippen molar-refractivity contribution in [2.45, 2.75) is 32.6 Å². The Morgan fingerprint density at radius 1 is 0.857 bits per heavy atom. The summed E-state index contributed by atoms with van der Waals surface area (Å²) < 4.78 is 33.7. The summed E-state index contributed by atoms with van der Waals surface area (Å²) in [7, 11) is -3.63. The molecule has 0 saturated carbocycles. The highest BCUT2D eigenvalue weighted by atomic mass is 32.2. The molecule has 0 radical (unpaired) electrons. The Hall–Kier alpha value is -2.79. The third-order valence-electron chi connectivity index (χ3n) is 4.53. The first kappa shape index (κ1) is 20.0. The normalized spacial score (nSPS) is 11.3. The average molecular weight is 396 g/mol. The Morgan fingerprint density at radius 3 is 2.11 bits per heavy atom. The second-order valence-corrected chi connectivity index (χ2v) is 8.55. The molecule has 146 valence electrons. The van der Waals surface area contributed by atoms with Crippen molar-refractivity contribution in [2.75, 3.05) is 11.3 Å². The van der Waals surface area contributed by atoms with Gasteiger partial charge in [0.25, 0.3) is 10.0 Å². The predicted molar refractivity (Wildman–Crippen MR) is 115 cm³/mol. The molecule has 0 aliphatic carbocycles. The second kappa shape index (κ2) is 8.07. The van der Waals surface area contributed by atoms with Gasteiger partial charge in [-0.25, -0.2) is 8.42 Å². The van der Waals surface area contributed by atoms with Crippen LogP contribution < -0.4 is 9.46 Å². The first-order valence-corrected chi connectivity index (χ1v) is 10.7. The van der Waals surface area contributed by atoms with Gasteiger partial charge in [0.1, 0.15) is 5.75 Å². The number of rotatable bonds is 6. The Balaban J connectivity index is 1.92. The molecule has 3 rings (SSSR count). The van der Waals surface area contributed by atoms with E-state index >= 15 is 0 Å². The van der Waals surface area contributed by atoms with Crippen LogP contribution in [0.4, 0.5) is 5.69 Å². The molecule has 0 atom stereocenters. The summed E-state index contributed by atoms with van der Waals surface area (Å²) in [5, 5.41) is 0. The Morgan fingerprint density at radius 2 is 1.50 bits per heavy atom. The maximum atomic E-state index is 12.7. The number of hydrogen-bond acceptors (Lipinski definition) is 3. The molecule has 3 aromatic rings. The van der Waals surface area contributed by atoms with Gasteiger partial charge in [0.15, 0.2) is 0 Å². The van der Waals surface area contributed by atoms with E-state index < -0.39 is 10.0 Å². The lowest BCUT2D eigenvalue weighted by molar-refractivity contribution is 0.335. The molecule has 0 bridgehead atoms. The Kier molecular flexibility index (Phi) is 5.75. The van der Waals surface area contributed by atoms with E-state index in [4.69, 9.17) is 4.74 Å². The van der Waals surface area contributed by atoms with Crippen molar-refractivity contribution in [3.8, 4) is 16.9 Å². The molecule has 0 saturated heterocycles. The number of benzene rings is 3. The van der Waals surface area contributed by atoms with Gasteiger partial charge in [-0.1, -0.05) is 29.8 Å². The summed E-state index contributed by atoms with van der Waals surface area (Å²) in [4.78, 5) is 0.247. The van der Waals surface area contributed by atoms with Gasteiger partial charge in [0, 0.05) is 5.69 Å². The summed E-state index contributed by atoms with van der Waals surface area (Å²) in [6.07, 6.45) is 0. The van der Waals surface area contributed by atoms with Gasteiger partial charge in [-0.15, -0.1) is 0 Å². The standard InChI is InChI=1S/C23H25NO3S/c1-5-27-23-17(3)13-20(14-18(23)4)19-7-6-8-21(15-19)24-28(25,26)22-11-9-16(2)10-12-22/h6-15,24H,5H2,1-4H3. The third-order valence-corrected chi connectivity index (χ3v) is 5.93. The summed E-state index contributed by atoms with van der Waals surface area (Å²) >= 11 is 0. The number of aryl methyl sites for hydroxylation is 3. The topological polar surface area (TPSA) is 55.4 Å². The van der Waals surface area contributed by atoms with Gasteiger partial charge in [-0.2, -0.15) is 0 Å². The minimum absolute atomic E-state index is 0.247. The van der Waals surface area contributed by atoms with Crippen molar-refractivity contribution in [1.29, 1.82) is 0 Å². The molecular weight excluding hydrogens is 370 g/mol. The van der Waals surface area contributed by atoms with Gasteiger partial charge < -0.3 is 4.74 Å². The molecule has 0 aliphatic heterocycles. The van der Waals surface area contributed by atoms with E-state index in [0.29, 0.717) is 12.3 Å². The molecule has 0 aromatic heterocycles. The van der Waals surface area contributed by atoms with Gasteiger partial charge in [-0.05, 0) is 86.3 Å². The van der Waals surface area contributed by atoms with Crippen LogP contribution in [0.3, 0.4) is 0 Å². The number of anilines is 1. The van der Waals surface area contributed by atoms with Crippen LogP contribution in [0.25, 0.3) is 11.1 Å². The molecule has 0 unspecified atom stereocenters. The zero-order valence-corrected chi connectivity index (χ0v) is 17.4. The van der Waals surface area contributed by atoms with E-state index in [2.05, 4.69) is 16.9 Å². The van der Waals surface area contributed by atoms with Crippen LogP contribution >= 0.6 is 0 Å². The van der Waals surface area contributed by atoms with Crippen LogP contribution in [0, 0.1) is 20.8 Å². The van der Waals surface area contributed by atoms with Crippen LogP contribution in [0.5, 0.6) is 5.75 Å². The fourth-order valence-electron chi connectivity index (χ4n) is 3.18. The van der Waals surface area contributed by atoms with Gasteiger partial charge in [-0.3, -0.25) is 4.72 Å². The first-order chi connectivity index (χ1) is 13.3. The number of hydrogen-bond donors (Lipinski definition) is 1. The van der Waals surface area contributed by atoms with Gasteiger partial charge in [0.2, 0.25) is 0 Å². The molecular formula is C23H25NO3S. The highest BCUT2D eigenvalue weighted by molar-refractivity contribution is 7.92. The SMILES string of the molecule is CCOc1c(C)cc(-c2cccc(NS(=O)(=O)c3ccc(C)cc3)c2)cc1C. The highest BCUT2D eigenvalue weighted by Gasteiger charge is 2.14. The second-order valence-electron chi connectivity index (χ2n) is 6.87. The zero-order valence-electron chi connectivity index (χ0n) is 16.6. The van der Waals surface area contributed by atoms with Crippen molar-refractivity contribution in [3.05, 3.63) is 77.4 Å². The zero-order chi connectivity index (χ0) is 20.3. The molecule has 0 amide bonds. The minimum Gasteiger partial charge on any atom is -0.493 e. The van der Waals surface area contributed by atoms with E-state index in [1.807, 2.05) is 45.9 Å². The van der Waals surface area contributed by atoms with E-state index in [1.165, 1.54) is 0 Å². The Bertz CT molecular complexity index is 1060. The van der Waals surface area contributed by atoms with Crippen molar-refractivity contribution in [1.82, 2.24) is 0 Å². The lowest BCUT2D eigenvalue weighted by Crippen LogP contribution is -2.12. The van der Waals surface area contributed by atoms with Crippen molar-refractivity contribution >= 4 is 15.7 Å². The lowest BCUT2D eigenvalue weighted by Gasteiger charge is -2.14. The van der Waals surface area contributed by atoms with E-state index in [1.54, 1.807) is 30.3 Å². The van der Waals surface area contributed by atoms with Crippen LogP contribution in [0.1, 0.15) is 23.6 Å². The quantitative estimate of drug-likeness (QED) is 0.601. The largest absolute Gasteiger partial charge is 0.493 e. The van der Waals surface area contributed by atoms with Gasteiger partial charge in [0.05, 0.1) is 11.5 Å². The first-order valence-electron chi connectivity index (χ1n) is 9.24. The Labute approximate surface area is 167 Å². The molecule has 0 fully saturated rings. The third kappa shape index (κ3) is 4.37. The molecule has 0 aliphatic rings. The molecule has 1 N–H and O–H groups in total. The maximum Gasteiger partial charge on any atom is 0.261 e. The number of sulfonamides is 1. The lowest BCUT2D eigenvalue weighted by atomic mass is 9.99.